The summed E-state index contributed by atoms with van der Waals surface area (Å²) in [4.78, 5) is 28.9. The monoisotopic (exact) mass is 962 g/mol. The van der Waals surface area contributed by atoms with Gasteiger partial charge in [-0.15, -0.1) is 0 Å². The van der Waals surface area contributed by atoms with Crippen LogP contribution >= 0.6 is 23.2 Å². The molecule has 6 heterocycles. The molecule has 2 aliphatic carbocycles. The summed E-state index contributed by atoms with van der Waals surface area (Å²) in [6.45, 7) is 2.64. The van der Waals surface area contributed by atoms with Crippen molar-refractivity contribution in [2.45, 2.75) is 93.5 Å². The van der Waals surface area contributed by atoms with E-state index < -0.39 is 27.8 Å². The lowest BCUT2D eigenvalue weighted by atomic mass is 9.91. The fourth-order valence-electron chi connectivity index (χ4n) is 8.40. The molecule has 0 bridgehead atoms. The smallest absolute Gasteiger partial charge is 0.269 e. The Morgan fingerprint density at radius 1 is 0.848 bits per heavy atom. The SMILES string of the molecule is COCC(O)CN[C@@H]1CCC[C@H](Nc2nc(-c3c[nH]c4ncc(Cl)cc34)ncc2F)C1.Cc1ccc(S(=O)(=O)n2cc(-c3ncc(F)c(N[C@H]4CCC[C@@H](N)C4)n3)c3cc(Cl)cnc32)cc1. The molecular weight excluding hydrogens is 914 g/mol. The molecule has 0 spiro atoms. The number of aliphatic hydroxyl groups is 1. The van der Waals surface area contributed by atoms with Gasteiger partial charge in [0.1, 0.15) is 5.65 Å². The van der Waals surface area contributed by atoms with E-state index in [1.165, 1.54) is 30.7 Å². The summed E-state index contributed by atoms with van der Waals surface area (Å²) in [5.74, 6) is -0.315. The van der Waals surface area contributed by atoms with E-state index in [1.54, 1.807) is 43.8 Å². The van der Waals surface area contributed by atoms with Gasteiger partial charge in [0.25, 0.3) is 10.0 Å². The Labute approximate surface area is 390 Å². The predicted molar refractivity (Wildman–Crippen MR) is 251 cm³/mol. The fourth-order valence-corrected chi connectivity index (χ4v) is 10.0. The van der Waals surface area contributed by atoms with Crippen molar-refractivity contribution in [1.29, 1.82) is 0 Å². The number of nitrogens with zero attached hydrogens (tertiary/aromatic N) is 7. The fraction of sp³-hybridized carbons (Fsp3) is 0.378. The molecule has 9 rings (SSSR count). The van der Waals surface area contributed by atoms with Crippen LogP contribution in [0.25, 0.3) is 44.8 Å². The molecule has 66 heavy (non-hydrogen) atoms. The van der Waals surface area contributed by atoms with E-state index in [1.807, 2.05) is 6.92 Å². The molecule has 0 radical (unpaired) electrons. The number of aliphatic hydroxyl groups excluding tert-OH is 1. The Morgan fingerprint density at radius 2 is 1.45 bits per heavy atom. The van der Waals surface area contributed by atoms with E-state index in [-0.39, 0.29) is 52.2 Å². The maximum atomic E-state index is 14.6. The van der Waals surface area contributed by atoms with Gasteiger partial charge in [-0.2, -0.15) is 0 Å². The molecule has 6 aromatic heterocycles. The number of hydrogen-bond acceptors (Lipinski definition) is 14. The lowest BCUT2D eigenvalue weighted by Gasteiger charge is -2.31. The molecule has 2 fully saturated rings. The Kier molecular flexibility index (Phi) is 14.7. The third-order valence-electron chi connectivity index (χ3n) is 11.7. The minimum Gasteiger partial charge on any atom is -0.389 e. The van der Waals surface area contributed by atoms with Crippen LogP contribution in [-0.2, 0) is 14.8 Å². The summed E-state index contributed by atoms with van der Waals surface area (Å²) >= 11 is 12.3. The first-order valence-electron chi connectivity index (χ1n) is 21.6. The molecule has 7 N–H and O–H groups in total. The van der Waals surface area contributed by atoms with Crippen molar-refractivity contribution >= 4 is 66.9 Å². The Morgan fingerprint density at radius 3 is 2.12 bits per heavy atom. The number of rotatable bonds is 13. The van der Waals surface area contributed by atoms with Crippen LogP contribution < -0.4 is 21.7 Å². The average molecular weight is 964 g/mol. The van der Waals surface area contributed by atoms with Gasteiger partial charge in [-0.1, -0.05) is 40.9 Å². The number of fused-ring (bicyclic) bond motifs is 2. The molecule has 0 saturated heterocycles. The van der Waals surface area contributed by atoms with Crippen LogP contribution in [0.5, 0.6) is 0 Å². The Hall–Kier alpha value is -5.41. The number of nitrogens with one attached hydrogen (secondary N) is 4. The van der Waals surface area contributed by atoms with E-state index in [4.69, 9.17) is 33.7 Å². The molecule has 7 aromatic rings. The summed E-state index contributed by atoms with van der Waals surface area (Å²) < 4.78 is 62.1. The van der Waals surface area contributed by atoms with Crippen molar-refractivity contribution in [2.24, 2.45) is 5.73 Å². The van der Waals surface area contributed by atoms with Crippen molar-refractivity contribution in [1.82, 2.24) is 44.2 Å². The van der Waals surface area contributed by atoms with Crippen molar-refractivity contribution in [3.63, 3.8) is 0 Å². The molecular formula is C45H50Cl2F2N12O4S. The lowest BCUT2D eigenvalue weighted by molar-refractivity contribution is 0.0616. The second-order valence-electron chi connectivity index (χ2n) is 16.7. The number of halogens is 4. The normalized spacial score (nSPS) is 19.3. The molecule has 348 valence electrons. The standard InChI is InChI=1S/C24H24ClFN6O2S.C21H26ClFN6O2/c1-14-5-7-18(8-6-14)35(33,34)32-13-20(19-9-15(25)11-29-24(19)32)22-28-12-21(26)23(31-22)30-17-4-2-3-16(27)10-17;1-31-11-15(30)8-24-13-3-2-4-14(6-13)28-21-18(23)10-27-20(29-21)17-9-26-19-16(17)5-12(22)7-25-19/h5-9,11-13,16-17H,2-4,10,27H2,1H3,(H,28,30,31);5,7,9-10,13-15,24,30H,2-4,6,8,11H2,1H3,(H,25,26)(H,27,28,29)/t16-,17+;13-,14+,15?/m11/s1. The first-order chi connectivity index (χ1) is 31.7. The molecule has 1 aromatic carbocycles. The van der Waals surface area contributed by atoms with Gasteiger partial charge >= 0.3 is 0 Å². The highest BCUT2D eigenvalue weighted by Crippen LogP contribution is 2.34. The predicted octanol–water partition coefficient (Wildman–Crippen LogP) is 7.65. The number of anilines is 2. The van der Waals surface area contributed by atoms with Gasteiger partial charge < -0.3 is 36.5 Å². The number of aryl methyl sites for hydroxylation is 1. The molecule has 2 saturated carbocycles. The van der Waals surface area contributed by atoms with E-state index in [0.717, 1.165) is 66.1 Å². The van der Waals surface area contributed by atoms with Crippen LogP contribution in [0.1, 0.15) is 56.9 Å². The first kappa shape index (κ1) is 47.1. The third-order valence-corrected chi connectivity index (χ3v) is 13.8. The summed E-state index contributed by atoms with van der Waals surface area (Å²) in [7, 11) is -2.41. The summed E-state index contributed by atoms with van der Waals surface area (Å²) in [6, 6.07) is 10.3. The number of benzene rings is 1. The van der Waals surface area contributed by atoms with Crippen molar-refractivity contribution in [3.05, 3.63) is 101 Å². The van der Waals surface area contributed by atoms with Gasteiger partial charge in [-0.05, 0) is 82.6 Å². The van der Waals surface area contributed by atoms with Gasteiger partial charge in [-0.3, -0.25) is 0 Å². The van der Waals surface area contributed by atoms with Crippen LogP contribution in [0.4, 0.5) is 20.4 Å². The van der Waals surface area contributed by atoms with Crippen LogP contribution in [0.3, 0.4) is 0 Å². The lowest BCUT2D eigenvalue weighted by Crippen LogP contribution is -2.42. The van der Waals surface area contributed by atoms with Crippen LogP contribution in [-0.4, -0.2) is 103 Å². The van der Waals surface area contributed by atoms with Crippen LogP contribution in [0, 0.1) is 18.6 Å². The minimum absolute atomic E-state index is 0.00429. The summed E-state index contributed by atoms with van der Waals surface area (Å²) in [6.07, 6.45) is 15.0. The molecule has 0 amide bonds. The topological polar surface area (TPSA) is 224 Å². The van der Waals surface area contributed by atoms with Gasteiger partial charge in [-0.25, -0.2) is 51.1 Å². The number of ether oxygens (including phenoxy) is 1. The Balaban J connectivity index is 0.000000181. The average Bonchev–Trinajstić information content (AvgIpc) is 3.90. The van der Waals surface area contributed by atoms with Gasteiger partial charge in [0.05, 0.1) is 40.0 Å². The molecule has 0 aliphatic heterocycles. The molecule has 5 atom stereocenters. The zero-order chi connectivity index (χ0) is 46.5. The molecule has 2 aliphatic rings. The molecule has 16 nitrogen and oxygen atoms in total. The second kappa shape index (κ2) is 20.6. The maximum Gasteiger partial charge on any atom is 0.269 e. The van der Waals surface area contributed by atoms with Crippen LogP contribution in [0.15, 0.2) is 78.5 Å². The highest BCUT2D eigenvalue weighted by atomic mass is 35.5. The van der Waals surface area contributed by atoms with E-state index >= 15 is 0 Å². The Bertz CT molecular complexity index is 2920. The number of pyridine rings is 2. The molecule has 21 heteroatoms. The quantitative estimate of drug-likeness (QED) is 0.0654. The van der Waals surface area contributed by atoms with E-state index in [0.29, 0.717) is 57.6 Å². The molecule has 1 unspecified atom stereocenters. The largest absolute Gasteiger partial charge is 0.389 e. The highest BCUT2D eigenvalue weighted by Gasteiger charge is 2.27. The number of aromatic amines is 1. The number of methoxy groups -OCH3 is 1. The number of hydrogen-bond donors (Lipinski definition) is 6. The van der Waals surface area contributed by atoms with Crippen molar-refractivity contribution < 1.29 is 27.0 Å². The maximum absolute atomic E-state index is 14.6. The third kappa shape index (κ3) is 10.9. The van der Waals surface area contributed by atoms with E-state index in [9.17, 15) is 22.3 Å². The minimum atomic E-state index is -3.98. The van der Waals surface area contributed by atoms with Crippen molar-refractivity contribution in [3.8, 4) is 22.8 Å². The number of aromatic nitrogens is 8. The first-order valence-corrected chi connectivity index (χ1v) is 23.8. The van der Waals surface area contributed by atoms with Gasteiger partial charge in [0.2, 0.25) is 0 Å². The highest BCUT2D eigenvalue weighted by molar-refractivity contribution is 7.90. The zero-order valence-electron chi connectivity index (χ0n) is 36.2. The second-order valence-corrected chi connectivity index (χ2v) is 19.4. The zero-order valence-corrected chi connectivity index (χ0v) is 38.5. The van der Waals surface area contributed by atoms with Crippen molar-refractivity contribution in [2.75, 3.05) is 30.9 Å². The number of H-pyrrole nitrogens is 1. The number of nitrogens with two attached hydrogens (primary N) is 1. The summed E-state index contributed by atoms with van der Waals surface area (Å²) in [5.41, 5.74) is 8.92. The summed E-state index contributed by atoms with van der Waals surface area (Å²) in [5, 5.41) is 21.7. The van der Waals surface area contributed by atoms with Gasteiger partial charge in [0.15, 0.2) is 40.6 Å². The van der Waals surface area contributed by atoms with Gasteiger partial charge in [0, 0.05) is 84.5 Å². The van der Waals surface area contributed by atoms with Crippen LogP contribution in [0.2, 0.25) is 10.0 Å². The van der Waals surface area contributed by atoms with E-state index in [2.05, 4.69) is 50.8 Å².